The van der Waals surface area contributed by atoms with Crippen molar-refractivity contribution in [2.75, 3.05) is 13.6 Å². The number of nitrogens with zero attached hydrogens (tertiary/aromatic N) is 4. The molecule has 0 atom stereocenters. The van der Waals surface area contributed by atoms with E-state index in [4.69, 9.17) is 10.00 Å². The van der Waals surface area contributed by atoms with Gasteiger partial charge in [-0.25, -0.2) is 0 Å². The third kappa shape index (κ3) is 2.53. The monoisotopic (exact) mass is 296 g/mol. The Hall–Kier alpha value is -2.81. The van der Waals surface area contributed by atoms with Crippen molar-refractivity contribution in [3.8, 4) is 23.1 Å². The van der Waals surface area contributed by atoms with Gasteiger partial charge in [0.2, 0.25) is 5.91 Å². The molecule has 0 unspecified atom stereocenters. The molecule has 3 rings (SSSR count). The Morgan fingerprint density at radius 2 is 2.32 bits per heavy atom. The molecule has 2 aromatic rings. The number of hydrogen-bond acceptors (Lipinski definition) is 4. The maximum atomic E-state index is 12.2. The van der Waals surface area contributed by atoms with Crippen LogP contribution < -0.4 is 4.74 Å². The second-order valence-electron chi connectivity index (χ2n) is 5.18. The highest BCUT2D eigenvalue weighted by Crippen LogP contribution is 2.36. The van der Waals surface area contributed by atoms with Gasteiger partial charge in [-0.15, -0.1) is 0 Å². The SMILES string of the molecule is CN(CCC#N)C(=O)Cn1ncc2c1-c1ccccc1OC2. The summed E-state index contributed by atoms with van der Waals surface area (Å²) >= 11 is 0. The van der Waals surface area contributed by atoms with Gasteiger partial charge in [-0.3, -0.25) is 9.48 Å². The average Bonchev–Trinajstić information content (AvgIpc) is 2.96. The van der Waals surface area contributed by atoms with Crippen LogP contribution in [0, 0.1) is 11.3 Å². The van der Waals surface area contributed by atoms with E-state index >= 15 is 0 Å². The smallest absolute Gasteiger partial charge is 0.244 e. The summed E-state index contributed by atoms with van der Waals surface area (Å²) in [6.07, 6.45) is 2.07. The number of carbonyl (C=O) groups is 1. The van der Waals surface area contributed by atoms with Crippen LogP contribution in [-0.2, 0) is 17.9 Å². The number of benzene rings is 1. The van der Waals surface area contributed by atoms with Gasteiger partial charge in [0, 0.05) is 24.7 Å². The maximum absolute atomic E-state index is 12.2. The van der Waals surface area contributed by atoms with Crippen molar-refractivity contribution in [1.29, 1.82) is 5.26 Å². The molecule has 6 heteroatoms. The fourth-order valence-corrected chi connectivity index (χ4v) is 2.50. The summed E-state index contributed by atoms with van der Waals surface area (Å²) in [5.74, 6) is 0.743. The van der Waals surface area contributed by atoms with Crippen molar-refractivity contribution in [2.45, 2.75) is 19.6 Å². The minimum Gasteiger partial charge on any atom is -0.488 e. The quantitative estimate of drug-likeness (QED) is 0.862. The second-order valence-corrected chi connectivity index (χ2v) is 5.18. The van der Waals surface area contributed by atoms with E-state index in [-0.39, 0.29) is 12.5 Å². The molecule has 0 radical (unpaired) electrons. The van der Waals surface area contributed by atoms with E-state index in [1.807, 2.05) is 30.3 Å². The molecule has 0 saturated heterocycles. The van der Waals surface area contributed by atoms with Crippen molar-refractivity contribution in [1.82, 2.24) is 14.7 Å². The van der Waals surface area contributed by atoms with Gasteiger partial charge in [-0.1, -0.05) is 12.1 Å². The second kappa shape index (κ2) is 5.90. The van der Waals surface area contributed by atoms with Gasteiger partial charge >= 0.3 is 0 Å². The highest BCUT2D eigenvalue weighted by molar-refractivity contribution is 5.78. The van der Waals surface area contributed by atoms with Gasteiger partial charge in [-0.05, 0) is 12.1 Å². The average molecular weight is 296 g/mol. The molecular weight excluding hydrogens is 280 g/mol. The number of rotatable bonds is 4. The van der Waals surface area contributed by atoms with Crippen LogP contribution in [-0.4, -0.2) is 34.2 Å². The van der Waals surface area contributed by atoms with Crippen LogP contribution in [0.1, 0.15) is 12.0 Å². The Morgan fingerprint density at radius 1 is 1.50 bits per heavy atom. The maximum Gasteiger partial charge on any atom is 0.244 e. The third-order valence-corrected chi connectivity index (χ3v) is 3.71. The summed E-state index contributed by atoms with van der Waals surface area (Å²) in [4.78, 5) is 13.8. The van der Waals surface area contributed by atoms with Crippen LogP contribution in [0.15, 0.2) is 30.5 Å². The predicted octanol–water partition coefficient (Wildman–Crippen LogP) is 1.81. The molecule has 1 aliphatic heterocycles. The topological polar surface area (TPSA) is 71.2 Å². The number of carbonyl (C=O) groups excluding carboxylic acids is 1. The summed E-state index contributed by atoms with van der Waals surface area (Å²) in [5.41, 5.74) is 2.86. The fourth-order valence-electron chi connectivity index (χ4n) is 2.50. The van der Waals surface area contributed by atoms with Crippen LogP contribution in [0.25, 0.3) is 11.3 Å². The number of para-hydroxylation sites is 1. The summed E-state index contributed by atoms with van der Waals surface area (Å²) in [6.45, 7) is 1.05. The normalized spacial score (nSPS) is 11.8. The van der Waals surface area contributed by atoms with Crippen molar-refractivity contribution >= 4 is 5.91 Å². The van der Waals surface area contributed by atoms with Gasteiger partial charge in [0.15, 0.2) is 0 Å². The molecule has 1 aromatic carbocycles. The number of amides is 1. The summed E-state index contributed by atoms with van der Waals surface area (Å²) in [6, 6.07) is 9.79. The summed E-state index contributed by atoms with van der Waals surface area (Å²) in [5, 5.41) is 12.9. The molecule has 0 N–H and O–H groups in total. The fraction of sp³-hybridized carbons (Fsp3) is 0.312. The zero-order chi connectivity index (χ0) is 15.5. The van der Waals surface area contributed by atoms with E-state index in [2.05, 4.69) is 5.10 Å². The molecule has 2 heterocycles. The van der Waals surface area contributed by atoms with Gasteiger partial charge in [0.25, 0.3) is 0 Å². The lowest BCUT2D eigenvalue weighted by molar-refractivity contribution is -0.130. The Morgan fingerprint density at radius 3 is 3.14 bits per heavy atom. The minimum absolute atomic E-state index is 0.0647. The molecule has 0 aliphatic carbocycles. The van der Waals surface area contributed by atoms with Crippen molar-refractivity contribution in [3.05, 3.63) is 36.0 Å². The van der Waals surface area contributed by atoms with E-state index in [1.165, 1.54) is 0 Å². The Kier molecular flexibility index (Phi) is 3.79. The number of likely N-dealkylation sites (N-methyl/N-ethyl adjacent to an activating group) is 1. The predicted molar refractivity (Wildman–Crippen MR) is 79.9 cm³/mol. The Labute approximate surface area is 128 Å². The van der Waals surface area contributed by atoms with Crippen LogP contribution in [0.2, 0.25) is 0 Å². The van der Waals surface area contributed by atoms with Crippen LogP contribution in [0.5, 0.6) is 5.75 Å². The van der Waals surface area contributed by atoms with E-state index in [1.54, 1.807) is 22.8 Å². The molecule has 1 aromatic heterocycles. The molecule has 6 nitrogen and oxygen atoms in total. The molecule has 1 aliphatic rings. The molecule has 0 spiro atoms. The molecule has 0 bridgehead atoms. The van der Waals surface area contributed by atoms with Gasteiger partial charge in [-0.2, -0.15) is 10.4 Å². The van der Waals surface area contributed by atoms with Crippen molar-refractivity contribution in [2.24, 2.45) is 0 Å². The zero-order valence-electron chi connectivity index (χ0n) is 12.3. The summed E-state index contributed by atoms with van der Waals surface area (Å²) < 4.78 is 7.39. The molecule has 0 fully saturated rings. The standard InChI is InChI=1S/C16H16N4O2/c1-19(8-4-7-17)15(21)10-20-16-12(9-18-20)11-22-14-6-3-2-5-13(14)16/h2-3,5-6,9H,4,8,10-11H2,1H3. The Balaban J connectivity index is 1.85. The molecular formula is C16H16N4O2. The first-order valence-corrected chi connectivity index (χ1v) is 7.08. The molecule has 112 valence electrons. The number of ether oxygens (including phenoxy) is 1. The third-order valence-electron chi connectivity index (χ3n) is 3.71. The van der Waals surface area contributed by atoms with Crippen molar-refractivity contribution in [3.63, 3.8) is 0 Å². The molecule has 1 amide bonds. The lowest BCUT2D eigenvalue weighted by Crippen LogP contribution is -2.31. The van der Waals surface area contributed by atoms with E-state index in [9.17, 15) is 4.79 Å². The van der Waals surface area contributed by atoms with Crippen LogP contribution in [0.4, 0.5) is 0 Å². The first-order valence-electron chi connectivity index (χ1n) is 7.08. The Bertz CT molecular complexity index is 745. The lowest BCUT2D eigenvalue weighted by Gasteiger charge is -2.20. The number of hydrogen-bond donors (Lipinski definition) is 0. The van der Waals surface area contributed by atoms with Gasteiger partial charge in [0.1, 0.15) is 18.9 Å². The van der Waals surface area contributed by atoms with E-state index < -0.39 is 0 Å². The largest absolute Gasteiger partial charge is 0.488 e. The van der Waals surface area contributed by atoms with E-state index in [0.717, 1.165) is 22.6 Å². The van der Waals surface area contributed by atoms with Gasteiger partial charge in [0.05, 0.1) is 24.4 Å². The lowest BCUT2D eigenvalue weighted by atomic mass is 10.0. The van der Waals surface area contributed by atoms with Crippen LogP contribution in [0.3, 0.4) is 0 Å². The number of nitriles is 1. The molecule has 0 saturated carbocycles. The van der Waals surface area contributed by atoms with Crippen molar-refractivity contribution < 1.29 is 9.53 Å². The molecule has 22 heavy (non-hydrogen) atoms. The zero-order valence-corrected chi connectivity index (χ0v) is 12.3. The highest BCUT2D eigenvalue weighted by atomic mass is 16.5. The number of fused-ring (bicyclic) bond motifs is 3. The summed E-state index contributed by atoms with van der Waals surface area (Å²) in [7, 11) is 1.70. The van der Waals surface area contributed by atoms with Crippen LogP contribution >= 0.6 is 0 Å². The number of aromatic nitrogens is 2. The van der Waals surface area contributed by atoms with E-state index in [0.29, 0.717) is 19.6 Å². The van der Waals surface area contributed by atoms with Gasteiger partial charge < -0.3 is 9.64 Å². The highest BCUT2D eigenvalue weighted by Gasteiger charge is 2.23. The minimum atomic E-state index is -0.0647. The first-order chi connectivity index (χ1) is 10.7. The first kappa shape index (κ1) is 14.1.